The summed E-state index contributed by atoms with van der Waals surface area (Å²) < 4.78 is 13.9. The molecule has 0 radical (unpaired) electrons. The molecule has 1 saturated carbocycles. The fourth-order valence-corrected chi connectivity index (χ4v) is 2.98. The molecule has 1 aliphatic rings. The first-order valence-corrected chi connectivity index (χ1v) is 7.63. The van der Waals surface area contributed by atoms with Crippen LogP contribution in [0.2, 0.25) is 0 Å². The summed E-state index contributed by atoms with van der Waals surface area (Å²) in [5.74, 6) is -1.10. The molecular weight excluding hydrogens is 299 g/mol. The summed E-state index contributed by atoms with van der Waals surface area (Å²) in [4.78, 5) is 27.6. The lowest BCUT2D eigenvalue weighted by Crippen LogP contribution is -2.45. The molecule has 2 N–H and O–H groups in total. The zero-order valence-corrected chi connectivity index (χ0v) is 12.5. The van der Waals surface area contributed by atoms with Gasteiger partial charge in [-0.25, -0.2) is 9.37 Å². The van der Waals surface area contributed by atoms with E-state index in [9.17, 15) is 19.1 Å². The summed E-state index contributed by atoms with van der Waals surface area (Å²) in [5.41, 5.74) is 0.178. The molecule has 5 nitrogen and oxygen atoms in total. The van der Waals surface area contributed by atoms with E-state index in [0.29, 0.717) is 24.5 Å². The van der Waals surface area contributed by atoms with Crippen LogP contribution in [-0.4, -0.2) is 34.4 Å². The number of hydrogen-bond donors (Lipinski definition) is 2. The minimum absolute atomic E-state index is 0.00792. The molecule has 0 spiro atoms. The zero-order chi connectivity index (χ0) is 16.4. The molecule has 0 bridgehead atoms. The normalized spacial score (nSPS) is 21.1. The Kier molecular flexibility index (Phi) is 4.34. The number of nitrogens with zero attached hydrogens (tertiary/aromatic N) is 1. The molecule has 0 unspecified atom stereocenters. The summed E-state index contributed by atoms with van der Waals surface area (Å²) >= 11 is 0. The van der Waals surface area contributed by atoms with Crippen LogP contribution in [0.4, 0.5) is 4.39 Å². The first kappa shape index (κ1) is 15.6. The lowest BCUT2D eigenvalue weighted by molar-refractivity contribution is 0.0714. The highest BCUT2D eigenvalue weighted by atomic mass is 19.1. The molecule has 2 atom stereocenters. The fraction of sp³-hybridized carbons (Fsp3) is 0.353. The molecule has 1 fully saturated rings. The van der Waals surface area contributed by atoms with Crippen molar-refractivity contribution in [1.29, 1.82) is 0 Å². The number of para-hydroxylation sites is 1. The number of pyridine rings is 1. The first-order chi connectivity index (χ1) is 11.1. The molecule has 6 heteroatoms. The number of aliphatic hydroxyl groups excluding tert-OH is 1. The molecular formula is C17H17FN2O3. The quantitative estimate of drug-likeness (QED) is 0.851. The number of carbonyl (C=O) groups is 2. The molecule has 1 aromatic heterocycles. The van der Waals surface area contributed by atoms with E-state index in [-0.39, 0.29) is 22.8 Å². The minimum Gasteiger partial charge on any atom is -0.391 e. The van der Waals surface area contributed by atoms with Crippen LogP contribution in [0.5, 0.6) is 0 Å². The van der Waals surface area contributed by atoms with E-state index in [0.717, 1.165) is 12.8 Å². The van der Waals surface area contributed by atoms with Crippen molar-refractivity contribution in [1.82, 2.24) is 10.3 Å². The van der Waals surface area contributed by atoms with Gasteiger partial charge in [-0.2, -0.15) is 0 Å². The maximum atomic E-state index is 13.9. The van der Waals surface area contributed by atoms with Crippen molar-refractivity contribution in [3.8, 4) is 0 Å². The summed E-state index contributed by atoms with van der Waals surface area (Å²) in [6, 6.07) is 5.32. The number of benzene rings is 1. The van der Waals surface area contributed by atoms with E-state index in [2.05, 4.69) is 10.3 Å². The van der Waals surface area contributed by atoms with Crippen molar-refractivity contribution in [2.45, 2.75) is 37.8 Å². The monoisotopic (exact) mass is 316 g/mol. The number of aldehydes is 1. The summed E-state index contributed by atoms with van der Waals surface area (Å²) in [7, 11) is 0. The third-order valence-electron chi connectivity index (χ3n) is 4.23. The highest BCUT2D eigenvalue weighted by molar-refractivity contribution is 6.02. The fourth-order valence-electron chi connectivity index (χ4n) is 2.98. The number of nitrogens with one attached hydrogen (secondary N) is 1. The van der Waals surface area contributed by atoms with Crippen LogP contribution in [0.15, 0.2) is 24.3 Å². The van der Waals surface area contributed by atoms with Crippen molar-refractivity contribution >= 4 is 23.1 Å². The van der Waals surface area contributed by atoms with Crippen molar-refractivity contribution in [2.75, 3.05) is 0 Å². The van der Waals surface area contributed by atoms with Gasteiger partial charge in [-0.05, 0) is 25.0 Å². The zero-order valence-electron chi connectivity index (χ0n) is 12.5. The summed E-state index contributed by atoms with van der Waals surface area (Å²) in [6.45, 7) is 0. The molecule has 1 aliphatic carbocycles. The van der Waals surface area contributed by atoms with Crippen molar-refractivity contribution in [2.24, 2.45) is 0 Å². The highest BCUT2D eigenvalue weighted by Crippen LogP contribution is 2.21. The third-order valence-corrected chi connectivity index (χ3v) is 4.23. The maximum absolute atomic E-state index is 13.9. The van der Waals surface area contributed by atoms with E-state index in [4.69, 9.17) is 0 Å². The number of carbonyl (C=O) groups excluding carboxylic acids is 2. The average molecular weight is 316 g/mol. The van der Waals surface area contributed by atoms with Crippen LogP contribution in [0, 0.1) is 5.82 Å². The van der Waals surface area contributed by atoms with Gasteiger partial charge in [0.05, 0.1) is 12.1 Å². The number of rotatable bonds is 3. The van der Waals surface area contributed by atoms with E-state index >= 15 is 0 Å². The Morgan fingerprint density at radius 3 is 2.87 bits per heavy atom. The van der Waals surface area contributed by atoms with Gasteiger partial charge in [-0.15, -0.1) is 0 Å². The van der Waals surface area contributed by atoms with Crippen LogP contribution in [-0.2, 0) is 0 Å². The Balaban J connectivity index is 1.94. The van der Waals surface area contributed by atoms with Crippen LogP contribution in [0.3, 0.4) is 0 Å². The Morgan fingerprint density at radius 2 is 2.13 bits per heavy atom. The average Bonchev–Trinajstić information content (AvgIpc) is 2.56. The van der Waals surface area contributed by atoms with Gasteiger partial charge in [-0.3, -0.25) is 9.59 Å². The van der Waals surface area contributed by atoms with Gasteiger partial charge in [0.1, 0.15) is 17.0 Å². The standard InChI is InChI=1S/C17H17FN2O3/c18-12-5-3-4-11-10(9-21)8-14(19-16(11)12)17(23)20-13-6-1-2-7-15(13)22/h3-5,8-9,13,15,22H,1-2,6-7H2,(H,20,23)/t13-,15-/m0/s1. The Labute approximate surface area is 132 Å². The molecule has 0 aliphatic heterocycles. The molecule has 3 rings (SSSR count). The second-order valence-corrected chi connectivity index (χ2v) is 5.78. The topological polar surface area (TPSA) is 79.3 Å². The molecule has 0 saturated heterocycles. The van der Waals surface area contributed by atoms with E-state index in [1.54, 1.807) is 6.07 Å². The SMILES string of the molecule is O=Cc1cc(C(=O)N[C@H]2CCCC[C@@H]2O)nc2c(F)cccc12. The largest absolute Gasteiger partial charge is 0.391 e. The predicted octanol–water partition coefficient (Wildman–Crippen LogP) is 2.22. The smallest absolute Gasteiger partial charge is 0.270 e. The summed E-state index contributed by atoms with van der Waals surface area (Å²) in [5, 5.41) is 13.0. The lowest BCUT2D eigenvalue weighted by atomic mass is 9.92. The van der Waals surface area contributed by atoms with Crippen molar-refractivity contribution < 1.29 is 19.1 Å². The Hall–Kier alpha value is -2.34. The molecule has 23 heavy (non-hydrogen) atoms. The van der Waals surface area contributed by atoms with Gasteiger partial charge < -0.3 is 10.4 Å². The second-order valence-electron chi connectivity index (χ2n) is 5.78. The molecule has 2 aromatic rings. The third kappa shape index (κ3) is 3.07. The molecule has 1 heterocycles. The number of halogens is 1. The Morgan fingerprint density at radius 1 is 1.35 bits per heavy atom. The molecule has 1 amide bonds. The maximum Gasteiger partial charge on any atom is 0.270 e. The van der Waals surface area contributed by atoms with Gasteiger partial charge in [0.2, 0.25) is 0 Å². The van der Waals surface area contributed by atoms with Crippen molar-refractivity contribution in [3.63, 3.8) is 0 Å². The lowest BCUT2D eigenvalue weighted by Gasteiger charge is -2.28. The number of hydrogen-bond acceptors (Lipinski definition) is 4. The van der Waals surface area contributed by atoms with Crippen LogP contribution in [0.25, 0.3) is 10.9 Å². The van der Waals surface area contributed by atoms with E-state index in [1.165, 1.54) is 18.2 Å². The van der Waals surface area contributed by atoms with Gasteiger partial charge >= 0.3 is 0 Å². The van der Waals surface area contributed by atoms with Gasteiger partial charge in [0.25, 0.3) is 5.91 Å². The molecule has 120 valence electrons. The predicted molar refractivity (Wildman–Crippen MR) is 82.8 cm³/mol. The number of aromatic nitrogens is 1. The highest BCUT2D eigenvalue weighted by Gasteiger charge is 2.25. The van der Waals surface area contributed by atoms with E-state index < -0.39 is 17.8 Å². The van der Waals surface area contributed by atoms with Crippen LogP contribution >= 0.6 is 0 Å². The van der Waals surface area contributed by atoms with Crippen molar-refractivity contribution in [3.05, 3.63) is 41.3 Å². The van der Waals surface area contributed by atoms with Crippen LogP contribution in [0.1, 0.15) is 46.5 Å². The Bertz CT molecular complexity index is 763. The number of aliphatic hydroxyl groups is 1. The minimum atomic E-state index is -0.588. The number of amides is 1. The molecule has 1 aromatic carbocycles. The summed E-state index contributed by atoms with van der Waals surface area (Å²) in [6.07, 6.45) is 3.19. The van der Waals surface area contributed by atoms with Gasteiger partial charge in [-0.1, -0.05) is 25.0 Å². The first-order valence-electron chi connectivity index (χ1n) is 7.63. The number of fused-ring (bicyclic) bond motifs is 1. The second kappa shape index (κ2) is 6.42. The van der Waals surface area contributed by atoms with Gasteiger partial charge in [0, 0.05) is 10.9 Å². The van der Waals surface area contributed by atoms with E-state index in [1.807, 2.05) is 0 Å². The van der Waals surface area contributed by atoms with Crippen LogP contribution < -0.4 is 5.32 Å². The van der Waals surface area contributed by atoms with Gasteiger partial charge in [0.15, 0.2) is 6.29 Å².